The molecule has 0 bridgehead atoms. The van der Waals surface area contributed by atoms with Crippen LogP contribution < -0.4 is 15.6 Å². The van der Waals surface area contributed by atoms with Crippen LogP contribution in [0, 0.1) is 13.8 Å². The molecule has 0 atom stereocenters. The highest BCUT2D eigenvalue weighted by atomic mass is 16.5. The quantitative estimate of drug-likeness (QED) is 0.433. The van der Waals surface area contributed by atoms with Crippen LogP contribution in [-0.2, 0) is 16.1 Å². The standard InChI is InChI=1S/C24H21N3O6/c1-15-6-3-4-9-20(15)31-14-22(28)26-18-8-5-7-17(11-18)24(30)32-13-19-12-23(29)27-21(25-19)10-16(2)33-27/h3-12H,13-14H2,1-2H3,(H,26,28). The topological polar surface area (TPSA) is 112 Å². The van der Waals surface area contributed by atoms with E-state index in [2.05, 4.69) is 10.3 Å². The molecule has 4 aromatic rings. The molecule has 1 amide bonds. The smallest absolute Gasteiger partial charge is 0.338 e. The first-order chi connectivity index (χ1) is 15.9. The van der Waals surface area contributed by atoms with Crippen molar-refractivity contribution in [3.05, 3.63) is 93.6 Å². The van der Waals surface area contributed by atoms with E-state index in [0.717, 1.165) is 10.1 Å². The lowest BCUT2D eigenvalue weighted by Gasteiger charge is -2.10. The second kappa shape index (κ2) is 9.39. The van der Waals surface area contributed by atoms with Gasteiger partial charge < -0.3 is 19.3 Å². The van der Waals surface area contributed by atoms with E-state index in [9.17, 15) is 14.4 Å². The van der Waals surface area contributed by atoms with Crippen LogP contribution in [0.15, 0.2) is 70.0 Å². The van der Waals surface area contributed by atoms with Crippen molar-refractivity contribution in [3.8, 4) is 5.75 Å². The van der Waals surface area contributed by atoms with Gasteiger partial charge in [0.1, 0.15) is 18.1 Å². The van der Waals surface area contributed by atoms with Gasteiger partial charge in [-0.05, 0) is 43.7 Å². The number of aromatic nitrogens is 2. The molecule has 9 nitrogen and oxygen atoms in total. The van der Waals surface area contributed by atoms with E-state index in [1.165, 1.54) is 12.1 Å². The molecule has 0 unspecified atom stereocenters. The molecule has 0 aliphatic carbocycles. The van der Waals surface area contributed by atoms with Crippen LogP contribution in [0.3, 0.4) is 0 Å². The van der Waals surface area contributed by atoms with Crippen LogP contribution in [0.5, 0.6) is 5.75 Å². The molecule has 0 aliphatic rings. The van der Waals surface area contributed by atoms with Gasteiger partial charge in [0.2, 0.25) is 0 Å². The Morgan fingerprint density at radius 3 is 2.70 bits per heavy atom. The van der Waals surface area contributed by atoms with Gasteiger partial charge in [-0.3, -0.25) is 9.59 Å². The van der Waals surface area contributed by atoms with Gasteiger partial charge in [0.25, 0.3) is 11.5 Å². The van der Waals surface area contributed by atoms with Gasteiger partial charge in [0, 0.05) is 17.8 Å². The maximum Gasteiger partial charge on any atom is 0.338 e. The molecule has 2 aromatic carbocycles. The van der Waals surface area contributed by atoms with Crippen molar-refractivity contribution in [3.63, 3.8) is 0 Å². The van der Waals surface area contributed by atoms with Crippen LogP contribution in [0.2, 0.25) is 0 Å². The number of carbonyl (C=O) groups is 2. The number of para-hydroxylation sites is 1. The normalized spacial score (nSPS) is 10.7. The number of rotatable bonds is 7. The second-order valence-electron chi connectivity index (χ2n) is 7.34. The van der Waals surface area contributed by atoms with Gasteiger partial charge in [0.05, 0.1) is 11.3 Å². The number of esters is 1. The fraction of sp³-hybridized carbons (Fsp3) is 0.167. The predicted octanol–water partition coefficient (Wildman–Crippen LogP) is 3.28. The number of ether oxygens (including phenoxy) is 2. The van der Waals surface area contributed by atoms with Crippen molar-refractivity contribution in [1.82, 2.24) is 9.56 Å². The monoisotopic (exact) mass is 447 g/mol. The summed E-state index contributed by atoms with van der Waals surface area (Å²) >= 11 is 0. The van der Waals surface area contributed by atoms with E-state index in [-0.39, 0.29) is 24.7 Å². The van der Waals surface area contributed by atoms with Crippen LogP contribution in [0.1, 0.15) is 27.4 Å². The Kier molecular flexibility index (Phi) is 6.21. The number of hydrogen-bond acceptors (Lipinski definition) is 7. The highest BCUT2D eigenvalue weighted by Gasteiger charge is 2.12. The lowest BCUT2D eigenvalue weighted by molar-refractivity contribution is -0.118. The van der Waals surface area contributed by atoms with E-state index in [0.29, 0.717) is 28.5 Å². The highest BCUT2D eigenvalue weighted by Crippen LogP contribution is 2.17. The molecule has 33 heavy (non-hydrogen) atoms. The van der Waals surface area contributed by atoms with Crippen molar-refractivity contribution in [2.45, 2.75) is 20.5 Å². The van der Waals surface area contributed by atoms with E-state index < -0.39 is 11.5 Å². The van der Waals surface area contributed by atoms with E-state index in [1.54, 1.807) is 37.3 Å². The fourth-order valence-electron chi connectivity index (χ4n) is 3.15. The number of amides is 1. The first-order valence-electron chi connectivity index (χ1n) is 10.1. The van der Waals surface area contributed by atoms with Crippen molar-refractivity contribution < 1.29 is 23.6 Å². The van der Waals surface area contributed by atoms with Gasteiger partial charge in [-0.25, -0.2) is 9.78 Å². The van der Waals surface area contributed by atoms with Crippen molar-refractivity contribution >= 4 is 23.2 Å². The average Bonchev–Trinajstić information content (AvgIpc) is 3.18. The minimum atomic E-state index is -0.618. The number of anilines is 1. The molecule has 1 N–H and O–H groups in total. The summed E-state index contributed by atoms with van der Waals surface area (Å²) in [6.07, 6.45) is 0. The minimum Gasteiger partial charge on any atom is -0.483 e. The third-order valence-corrected chi connectivity index (χ3v) is 4.71. The number of hydrogen-bond donors (Lipinski definition) is 1. The summed E-state index contributed by atoms with van der Waals surface area (Å²) in [5, 5.41) is 2.69. The molecule has 0 fully saturated rings. The second-order valence-corrected chi connectivity index (χ2v) is 7.34. The van der Waals surface area contributed by atoms with Crippen LogP contribution in [0.4, 0.5) is 5.69 Å². The van der Waals surface area contributed by atoms with Crippen molar-refractivity contribution in [1.29, 1.82) is 0 Å². The maximum atomic E-state index is 12.5. The van der Waals surface area contributed by atoms with Crippen LogP contribution in [0.25, 0.3) is 5.65 Å². The molecule has 0 saturated heterocycles. The molecule has 2 aromatic heterocycles. The van der Waals surface area contributed by atoms with Crippen molar-refractivity contribution in [2.75, 3.05) is 11.9 Å². The molecule has 2 heterocycles. The molecule has 0 aliphatic heterocycles. The number of fused-ring (bicyclic) bond motifs is 1. The molecular formula is C24H21N3O6. The fourth-order valence-corrected chi connectivity index (χ4v) is 3.15. The first kappa shape index (κ1) is 21.8. The molecule has 0 saturated carbocycles. The number of carbonyl (C=O) groups excluding carboxylic acids is 2. The summed E-state index contributed by atoms with van der Waals surface area (Å²) in [5.41, 5.74) is 1.82. The third-order valence-electron chi connectivity index (χ3n) is 4.71. The Morgan fingerprint density at radius 1 is 1.06 bits per heavy atom. The number of nitrogens with one attached hydrogen (secondary N) is 1. The summed E-state index contributed by atoms with van der Waals surface area (Å²) in [6, 6.07) is 16.6. The summed E-state index contributed by atoms with van der Waals surface area (Å²) in [4.78, 5) is 41.0. The van der Waals surface area contributed by atoms with Gasteiger partial charge >= 0.3 is 5.97 Å². The lowest BCUT2D eigenvalue weighted by Crippen LogP contribution is -2.20. The Hall–Kier alpha value is -4.40. The molecule has 4 rings (SSSR count). The highest BCUT2D eigenvalue weighted by molar-refractivity contribution is 5.95. The van der Waals surface area contributed by atoms with Gasteiger partial charge in [-0.1, -0.05) is 24.3 Å². The zero-order chi connectivity index (χ0) is 23.4. The largest absolute Gasteiger partial charge is 0.483 e. The summed E-state index contributed by atoms with van der Waals surface area (Å²) in [6.45, 7) is 3.24. The zero-order valence-corrected chi connectivity index (χ0v) is 18.0. The Morgan fingerprint density at radius 2 is 1.88 bits per heavy atom. The number of aryl methyl sites for hydroxylation is 2. The van der Waals surface area contributed by atoms with Crippen LogP contribution >= 0.6 is 0 Å². The van der Waals surface area contributed by atoms with E-state index >= 15 is 0 Å². The third kappa shape index (κ3) is 5.27. The summed E-state index contributed by atoms with van der Waals surface area (Å²) in [7, 11) is 0. The van der Waals surface area contributed by atoms with Crippen molar-refractivity contribution in [2.24, 2.45) is 0 Å². The van der Waals surface area contributed by atoms with Crippen LogP contribution in [-0.4, -0.2) is 28.0 Å². The van der Waals surface area contributed by atoms with Gasteiger partial charge in [-0.15, -0.1) is 4.57 Å². The lowest BCUT2D eigenvalue weighted by atomic mass is 10.2. The van der Waals surface area contributed by atoms with Gasteiger partial charge in [-0.2, -0.15) is 0 Å². The van der Waals surface area contributed by atoms with E-state index in [4.69, 9.17) is 14.0 Å². The Labute approximate surface area is 188 Å². The predicted molar refractivity (Wildman–Crippen MR) is 119 cm³/mol. The molecular weight excluding hydrogens is 426 g/mol. The zero-order valence-electron chi connectivity index (χ0n) is 18.0. The Bertz CT molecular complexity index is 1390. The molecule has 168 valence electrons. The SMILES string of the molecule is Cc1cc2nc(COC(=O)c3cccc(NC(=O)COc4ccccc4C)c3)cc(=O)n2o1. The summed E-state index contributed by atoms with van der Waals surface area (Å²) < 4.78 is 17.1. The first-order valence-corrected chi connectivity index (χ1v) is 10.1. The maximum absolute atomic E-state index is 12.5. The number of nitrogens with zero attached hydrogens (tertiary/aromatic N) is 2. The summed E-state index contributed by atoms with van der Waals surface area (Å²) in [5.74, 6) is 0.184. The van der Waals surface area contributed by atoms with E-state index in [1.807, 2.05) is 25.1 Å². The molecule has 9 heteroatoms. The minimum absolute atomic E-state index is 0.170. The van der Waals surface area contributed by atoms with Gasteiger partial charge in [0.15, 0.2) is 12.3 Å². The molecule has 0 spiro atoms. The molecule has 0 radical (unpaired) electrons. The number of benzene rings is 2. The average molecular weight is 447 g/mol. The Balaban J connectivity index is 1.36.